The van der Waals surface area contributed by atoms with E-state index >= 15 is 0 Å². The van der Waals surface area contributed by atoms with E-state index in [4.69, 9.17) is 0 Å². The molecule has 12 rings (SSSR count). The van der Waals surface area contributed by atoms with Crippen LogP contribution in [0.1, 0.15) is 0 Å². The fourth-order valence-electron chi connectivity index (χ4n) is 9.61. The first kappa shape index (κ1) is 35.7. The highest BCUT2D eigenvalue weighted by molar-refractivity contribution is 6.16. The monoisotopic (exact) mass is 788 g/mol. The molecule has 0 N–H and O–H groups in total. The van der Waals surface area contributed by atoms with Gasteiger partial charge in [-0.3, -0.25) is 0 Å². The van der Waals surface area contributed by atoms with E-state index in [0.29, 0.717) is 0 Å². The highest BCUT2D eigenvalue weighted by Gasteiger charge is 2.18. The molecule has 2 nitrogen and oxygen atoms in total. The van der Waals surface area contributed by atoms with Crippen molar-refractivity contribution >= 4 is 71.2 Å². The van der Waals surface area contributed by atoms with Gasteiger partial charge in [0, 0.05) is 33.5 Å². The topological polar surface area (TPSA) is 8.17 Å². The van der Waals surface area contributed by atoms with Crippen LogP contribution in [0.15, 0.2) is 243 Å². The quantitative estimate of drug-likeness (QED) is 0.146. The molecular formula is C60H40N2. The molecule has 2 heteroatoms. The van der Waals surface area contributed by atoms with Crippen LogP contribution in [0.2, 0.25) is 0 Å². The molecule has 0 aliphatic carbocycles. The summed E-state index contributed by atoms with van der Waals surface area (Å²) in [6.07, 6.45) is 0. The number of aromatic nitrogens is 1. The maximum atomic E-state index is 2.38. The highest BCUT2D eigenvalue weighted by Crippen LogP contribution is 2.42. The lowest BCUT2D eigenvalue weighted by atomic mass is 9.94. The number of rotatable bonds is 7. The number of hydrogen-bond donors (Lipinski definition) is 0. The molecule has 0 amide bonds. The summed E-state index contributed by atoms with van der Waals surface area (Å²) in [5.41, 5.74) is 14.1. The van der Waals surface area contributed by atoms with Crippen molar-refractivity contribution in [2.24, 2.45) is 0 Å². The smallest absolute Gasteiger partial charge is 0.0547 e. The molecule has 11 aromatic carbocycles. The first-order valence-corrected chi connectivity index (χ1v) is 21.3. The van der Waals surface area contributed by atoms with E-state index in [2.05, 4.69) is 252 Å². The van der Waals surface area contributed by atoms with Gasteiger partial charge in [-0.05, 0) is 132 Å². The lowest BCUT2D eigenvalue weighted by molar-refractivity contribution is 1.18. The molecule has 0 fully saturated rings. The third-order valence-corrected chi connectivity index (χ3v) is 12.6. The van der Waals surface area contributed by atoms with Crippen molar-refractivity contribution in [3.8, 4) is 39.1 Å². The molecule has 0 atom stereocenters. The number of fused-ring (bicyclic) bond motifs is 7. The second kappa shape index (κ2) is 14.8. The van der Waals surface area contributed by atoms with Gasteiger partial charge < -0.3 is 9.47 Å². The van der Waals surface area contributed by atoms with Gasteiger partial charge in [0.05, 0.1) is 11.0 Å². The SMILES string of the molecule is c1ccc(-n2c3ccccc3c3c(-c4ccc(N(c5ccc(-c6ccc7ccccc7c6)cc5)c5ccc(-c6cccc7c6ccc6ccccc67)cc5)cc4)cccc32)cc1. The fourth-order valence-corrected chi connectivity index (χ4v) is 9.61. The zero-order chi connectivity index (χ0) is 41.0. The average molecular weight is 789 g/mol. The normalized spacial score (nSPS) is 11.5. The fraction of sp³-hybridized carbons (Fsp3) is 0. The van der Waals surface area contributed by atoms with E-state index in [9.17, 15) is 0 Å². The van der Waals surface area contributed by atoms with Gasteiger partial charge in [0.25, 0.3) is 0 Å². The molecule has 12 aromatic rings. The van der Waals surface area contributed by atoms with Crippen molar-refractivity contribution in [2.75, 3.05) is 4.90 Å². The number of hydrogen-bond acceptors (Lipinski definition) is 1. The Morgan fingerprint density at radius 2 is 0.790 bits per heavy atom. The van der Waals surface area contributed by atoms with Crippen LogP contribution in [-0.4, -0.2) is 4.57 Å². The van der Waals surface area contributed by atoms with Crippen molar-refractivity contribution in [3.05, 3.63) is 243 Å². The van der Waals surface area contributed by atoms with Crippen LogP contribution in [0.25, 0.3) is 93.2 Å². The Bertz CT molecular complexity index is 3600. The lowest BCUT2D eigenvalue weighted by Gasteiger charge is -2.26. The Labute approximate surface area is 360 Å². The van der Waals surface area contributed by atoms with Crippen LogP contribution in [0.3, 0.4) is 0 Å². The van der Waals surface area contributed by atoms with Crippen LogP contribution in [0.4, 0.5) is 17.1 Å². The molecule has 0 bridgehead atoms. The lowest BCUT2D eigenvalue weighted by Crippen LogP contribution is -2.09. The molecule has 1 heterocycles. The summed E-state index contributed by atoms with van der Waals surface area (Å²) in [6, 6.07) is 88.4. The molecule has 0 spiro atoms. The van der Waals surface area contributed by atoms with Crippen molar-refractivity contribution in [3.63, 3.8) is 0 Å². The van der Waals surface area contributed by atoms with Crippen LogP contribution >= 0.6 is 0 Å². The molecule has 0 saturated heterocycles. The van der Waals surface area contributed by atoms with Crippen LogP contribution in [-0.2, 0) is 0 Å². The van der Waals surface area contributed by atoms with E-state index in [1.54, 1.807) is 0 Å². The Kier molecular flexibility index (Phi) is 8.53. The average Bonchev–Trinajstić information content (AvgIpc) is 3.69. The van der Waals surface area contributed by atoms with Crippen molar-refractivity contribution in [2.45, 2.75) is 0 Å². The van der Waals surface area contributed by atoms with Gasteiger partial charge in [-0.15, -0.1) is 0 Å². The van der Waals surface area contributed by atoms with Gasteiger partial charge in [0.1, 0.15) is 0 Å². The third kappa shape index (κ3) is 6.04. The first-order chi connectivity index (χ1) is 30.7. The zero-order valence-corrected chi connectivity index (χ0v) is 34.0. The maximum Gasteiger partial charge on any atom is 0.0547 e. The Morgan fingerprint density at radius 1 is 0.274 bits per heavy atom. The highest BCUT2D eigenvalue weighted by atomic mass is 15.1. The molecule has 0 aliphatic heterocycles. The van der Waals surface area contributed by atoms with E-state index in [-0.39, 0.29) is 0 Å². The Balaban J connectivity index is 0.958. The maximum absolute atomic E-state index is 2.38. The minimum Gasteiger partial charge on any atom is -0.311 e. The third-order valence-electron chi connectivity index (χ3n) is 12.6. The van der Waals surface area contributed by atoms with Crippen LogP contribution in [0, 0.1) is 0 Å². The van der Waals surface area contributed by atoms with Gasteiger partial charge in [-0.25, -0.2) is 0 Å². The second-order valence-electron chi connectivity index (χ2n) is 16.1. The summed E-state index contributed by atoms with van der Waals surface area (Å²) in [6.45, 7) is 0. The molecular weight excluding hydrogens is 749 g/mol. The number of anilines is 3. The molecule has 1 aromatic heterocycles. The minimum atomic E-state index is 1.09. The molecule has 62 heavy (non-hydrogen) atoms. The first-order valence-electron chi connectivity index (χ1n) is 21.3. The van der Waals surface area contributed by atoms with Gasteiger partial charge in [-0.2, -0.15) is 0 Å². The largest absolute Gasteiger partial charge is 0.311 e. The molecule has 0 radical (unpaired) electrons. The Hall–Kier alpha value is -8.20. The number of para-hydroxylation sites is 2. The summed E-state index contributed by atoms with van der Waals surface area (Å²) in [4.78, 5) is 2.37. The minimum absolute atomic E-state index is 1.09. The van der Waals surface area contributed by atoms with Gasteiger partial charge in [0.15, 0.2) is 0 Å². The summed E-state index contributed by atoms with van der Waals surface area (Å²) in [5, 5.41) is 10.1. The predicted molar refractivity (Wildman–Crippen MR) is 264 cm³/mol. The standard InChI is InChI=1S/C60H40N2/c1-2-15-48(16-3-1)62-58-22-9-8-18-57(58)60-54(20-11-23-59(60)62)45-30-37-51(38-31-45)61(49-33-26-42(27-34-49)47-25-24-41-12-4-5-14-46(41)40-47)50-35-28-44(29-36-50)53-19-10-21-55-52-17-7-6-13-43(52)32-39-56(53)55/h1-40H. The summed E-state index contributed by atoms with van der Waals surface area (Å²) in [7, 11) is 0. The second-order valence-corrected chi connectivity index (χ2v) is 16.1. The van der Waals surface area contributed by atoms with Gasteiger partial charge >= 0.3 is 0 Å². The summed E-state index contributed by atoms with van der Waals surface area (Å²) < 4.78 is 2.38. The van der Waals surface area contributed by atoms with E-state index < -0.39 is 0 Å². The van der Waals surface area contributed by atoms with Crippen LogP contribution < -0.4 is 4.90 Å². The van der Waals surface area contributed by atoms with Crippen molar-refractivity contribution in [1.82, 2.24) is 4.57 Å². The number of benzene rings is 11. The van der Waals surface area contributed by atoms with Gasteiger partial charge in [0.2, 0.25) is 0 Å². The molecule has 0 aliphatic rings. The molecule has 0 unspecified atom stereocenters. The van der Waals surface area contributed by atoms with Crippen molar-refractivity contribution in [1.29, 1.82) is 0 Å². The van der Waals surface area contributed by atoms with Crippen molar-refractivity contribution < 1.29 is 0 Å². The van der Waals surface area contributed by atoms with E-state index in [1.807, 2.05) is 0 Å². The Morgan fingerprint density at radius 3 is 1.53 bits per heavy atom. The van der Waals surface area contributed by atoms with Crippen LogP contribution in [0.5, 0.6) is 0 Å². The number of nitrogens with zero attached hydrogens (tertiary/aromatic N) is 2. The zero-order valence-electron chi connectivity index (χ0n) is 34.0. The van der Waals surface area contributed by atoms with Gasteiger partial charge in [-0.1, -0.05) is 176 Å². The summed E-state index contributed by atoms with van der Waals surface area (Å²) in [5.74, 6) is 0. The molecule has 0 saturated carbocycles. The predicted octanol–water partition coefficient (Wildman–Crippen LogP) is 16.7. The van der Waals surface area contributed by atoms with E-state index in [0.717, 1.165) is 22.7 Å². The van der Waals surface area contributed by atoms with E-state index in [1.165, 1.54) is 87.5 Å². The summed E-state index contributed by atoms with van der Waals surface area (Å²) >= 11 is 0. The molecule has 290 valence electrons.